The van der Waals surface area contributed by atoms with E-state index in [1.807, 2.05) is 0 Å². The summed E-state index contributed by atoms with van der Waals surface area (Å²) < 4.78 is 19.2. The maximum Gasteiger partial charge on any atom is 0.355 e. The highest BCUT2D eigenvalue weighted by Crippen LogP contribution is 2.20. The molecule has 1 aromatic carbocycles. The van der Waals surface area contributed by atoms with E-state index in [1.54, 1.807) is 0 Å². The molecule has 0 spiro atoms. The van der Waals surface area contributed by atoms with Gasteiger partial charge in [0.1, 0.15) is 18.1 Å². The zero-order valence-corrected chi connectivity index (χ0v) is 11.6. The number of hydrogen-bond acceptors (Lipinski definition) is 4. The molecule has 21 heavy (non-hydrogen) atoms. The maximum absolute atomic E-state index is 12.9. The molecule has 0 radical (unpaired) electrons. The Morgan fingerprint density at radius 1 is 1.48 bits per heavy atom. The van der Waals surface area contributed by atoms with Crippen LogP contribution in [0.4, 0.5) is 10.1 Å². The number of aromatic nitrogens is 1. The van der Waals surface area contributed by atoms with Crippen molar-refractivity contribution in [3.05, 3.63) is 62.7 Å². The van der Waals surface area contributed by atoms with Crippen LogP contribution in [0, 0.1) is 15.9 Å². The average Bonchev–Trinajstić information content (AvgIpc) is 2.80. The third-order valence-corrected chi connectivity index (χ3v) is 3.14. The van der Waals surface area contributed by atoms with Crippen LogP contribution in [0.2, 0.25) is 5.02 Å². The predicted molar refractivity (Wildman–Crippen MR) is 72.6 cm³/mol. The molecule has 0 saturated heterocycles. The second-order valence-electron chi connectivity index (χ2n) is 4.26. The fourth-order valence-corrected chi connectivity index (χ4v) is 1.93. The molecule has 0 atom stereocenters. The third-order valence-electron chi connectivity index (χ3n) is 2.78. The van der Waals surface area contributed by atoms with Crippen molar-refractivity contribution in [3.8, 4) is 0 Å². The molecule has 0 fully saturated rings. The smallest absolute Gasteiger partial charge is 0.355 e. The van der Waals surface area contributed by atoms with Gasteiger partial charge in [-0.05, 0) is 12.1 Å². The van der Waals surface area contributed by atoms with E-state index in [-0.39, 0.29) is 23.0 Å². The summed E-state index contributed by atoms with van der Waals surface area (Å²) >= 11 is 5.81. The van der Waals surface area contributed by atoms with Crippen molar-refractivity contribution in [1.29, 1.82) is 0 Å². The number of carbonyl (C=O) groups excluding carboxylic acids is 1. The van der Waals surface area contributed by atoms with Crippen molar-refractivity contribution >= 4 is 23.3 Å². The van der Waals surface area contributed by atoms with E-state index < -0.39 is 16.7 Å². The predicted octanol–water partition coefficient (Wildman–Crippen LogP) is 3.08. The largest absolute Gasteiger partial charge is 0.456 e. The van der Waals surface area contributed by atoms with Gasteiger partial charge in [0.25, 0.3) is 5.69 Å². The lowest BCUT2D eigenvalue weighted by Gasteiger charge is -2.07. The van der Waals surface area contributed by atoms with Crippen LogP contribution >= 0.6 is 11.6 Å². The van der Waals surface area contributed by atoms with Crippen LogP contribution in [0.15, 0.2) is 30.5 Å². The first-order chi connectivity index (χ1) is 9.88. The van der Waals surface area contributed by atoms with Gasteiger partial charge in [0.05, 0.1) is 16.1 Å². The van der Waals surface area contributed by atoms with Crippen molar-refractivity contribution < 1.29 is 18.8 Å². The molecule has 0 N–H and O–H groups in total. The number of hydrogen-bond donors (Lipinski definition) is 0. The third kappa shape index (κ3) is 3.38. The van der Waals surface area contributed by atoms with Gasteiger partial charge in [-0.2, -0.15) is 0 Å². The number of benzene rings is 1. The summed E-state index contributed by atoms with van der Waals surface area (Å²) in [7, 11) is 1.49. The summed E-state index contributed by atoms with van der Waals surface area (Å²) in [5.41, 5.74) is 0.277. The van der Waals surface area contributed by atoms with Crippen LogP contribution in [0.5, 0.6) is 0 Å². The quantitative estimate of drug-likeness (QED) is 0.494. The molecule has 2 aromatic rings. The SMILES string of the molecule is Cn1cc([N+](=O)[O-])cc1C(=O)OCc1ccc(F)cc1Cl. The van der Waals surface area contributed by atoms with Crippen molar-refractivity contribution in [2.45, 2.75) is 6.61 Å². The Kier molecular flexibility index (Phi) is 4.23. The van der Waals surface area contributed by atoms with E-state index in [1.165, 1.54) is 29.9 Å². The lowest BCUT2D eigenvalue weighted by molar-refractivity contribution is -0.384. The molecule has 1 heterocycles. The van der Waals surface area contributed by atoms with Crippen molar-refractivity contribution in [3.63, 3.8) is 0 Å². The fraction of sp³-hybridized carbons (Fsp3) is 0.154. The molecule has 0 amide bonds. The Labute approximate surface area is 123 Å². The number of halogens is 2. The normalized spacial score (nSPS) is 10.4. The average molecular weight is 313 g/mol. The molecule has 8 heteroatoms. The second kappa shape index (κ2) is 5.92. The van der Waals surface area contributed by atoms with Crippen LogP contribution in [0.3, 0.4) is 0 Å². The monoisotopic (exact) mass is 312 g/mol. The van der Waals surface area contributed by atoms with Crippen LogP contribution in [-0.2, 0) is 18.4 Å². The van der Waals surface area contributed by atoms with E-state index in [4.69, 9.17) is 16.3 Å². The number of rotatable bonds is 4. The molecular formula is C13H10ClFN2O4. The van der Waals surface area contributed by atoms with Crippen LogP contribution in [-0.4, -0.2) is 15.5 Å². The molecule has 1 aromatic heterocycles. The van der Waals surface area contributed by atoms with Crippen molar-refractivity contribution in [1.82, 2.24) is 4.57 Å². The van der Waals surface area contributed by atoms with Gasteiger partial charge in [0.15, 0.2) is 0 Å². The zero-order valence-electron chi connectivity index (χ0n) is 10.9. The minimum atomic E-state index is -0.731. The minimum absolute atomic E-state index is 0.0416. The van der Waals surface area contributed by atoms with Crippen molar-refractivity contribution in [2.75, 3.05) is 0 Å². The Balaban J connectivity index is 2.10. The lowest BCUT2D eigenvalue weighted by atomic mass is 10.2. The highest BCUT2D eigenvalue weighted by atomic mass is 35.5. The molecule has 110 valence electrons. The zero-order chi connectivity index (χ0) is 15.6. The maximum atomic E-state index is 12.9. The molecule has 0 aliphatic carbocycles. The first-order valence-corrected chi connectivity index (χ1v) is 6.18. The summed E-state index contributed by atoms with van der Waals surface area (Å²) in [6, 6.07) is 4.83. The molecule has 6 nitrogen and oxygen atoms in total. The molecule has 0 bridgehead atoms. The molecule has 0 saturated carbocycles. The van der Waals surface area contributed by atoms with E-state index >= 15 is 0 Å². The van der Waals surface area contributed by atoms with Crippen LogP contribution in [0.1, 0.15) is 16.1 Å². The van der Waals surface area contributed by atoms with Gasteiger partial charge in [0.2, 0.25) is 0 Å². The number of aryl methyl sites for hydroxylation is 1. The standard InChI is InChI=1S/C13H10ClFN2O4/c1-16-6-10(17(19)20)5-12(16)13(18)21-7-8-2-3-9(15)4-11(8)14/h2-6H,7H2,1H3. The van der Waals surface area contributed by atoms with Crippen LogP contribution < -0.4 is 0 Å². The first kappa shape index (κ1) is 15.0. The minimum Gasteiger partial charge on any atom is -0.456 e. The summed E-state index contributed by atoms with van der Waals surface area (Å²) in [4.78, 5) is 21.9. The van der Waals surface area contributed by atoms with E-state index in [9.17, 15) is 19.3 Å². The van der Waals surface area contributed by atoms with Gasteiger partial charge >= 0.3 is 5.97 Å². The Bertz CT molecular complexity index is 714. The number of nitrogens with zero attached hydrogens (tertiary/aromatic N) is 2. The Morgan fingerprint density at radius 3 is 2.76 bits per heavy atom. The van der Waals surface area contributed by atoms with E-state index in [0.29, 0.717) is 5.56 Å². The van der Waals surface area contributed by atoms with Gasteiger partial charge in [-0.25, -0.2) is 9.18 Å². The Morgan fingerprint density at radius 2 is 2.19 bits per heavy atom. The molecule has 0 aliphatic rings. The summed E-state index contributed by atoms with van der Waals surface area (Å²) in [6.07, 6.45) is 1.21. The molecule has 2 rings (SSSR count). The topological polar surface area (TPSA) is 74.4 Å². The van der Waals surface area contributed by atoms with Crippen LogP contribution in [0.25, 0.3) is 0 Å². The second-order valence-corrected chi connectivity index (χ2v) is 4.67. The van der Waals surface area contributed by atoms with E-state index in [2.05, 4.69) is 0 Å². The molecule has 0 unspecified atom stereocenters. The lowest BCUT2D eigenvalue weighted by Crippen LogP contribution is -2.09. The highest BCUT2D eigenvalue weighted by molar-refractivity contribution is 6.31. The van der Waals surface area contributed by atoms with Gasteiger partial charge in [-0.15, -0.1) is 0 Å². The Hall–Kier alpha value is -2.41. The summed E-state index contributed by atoms with van der Waals surface area (Å²) in [5.74, 6) is -1.22. The number of carbonyl (C=O) groups is 1. The van der Waals surface area contributed by atoms with E-state index in [0.717, 1.165) is 12.1 Å². The number of ether oxygens (including phenoxy) is 1. The fourth-order valence-electron chi connectivity index (χ4n) is 1.71. The first-order valence-electron chi connectivity index (χ1n) is 5.80. The summed E-state index contributed by atoms with van der Waals surface area (Å²) in [5, 5.41) is 10.8. The molecule has 0 aliphatic heterocycles. The van der Waals surface area contributed by atoms with Gasteiger partial charge in [-0.3, -0.25) is 10.1 Å². The van der Waals surface area contributed by atoms with Gasteiger partial charge in [0, 0.05) is 18.7 Å². The highest BCUT2D eigenvalue weighted by Gasteiger charge is 2.19. The number of esters is 1. The van der Waals surface area contributed by atoms with Gasteiger partial charge in [-0.1, -0.05) is 17.7 Å². The van der Waals surface area contributed by atoms with Gasteiger partial charge < -0.3 is 9.30 Å². The molecular weight excluding hydrogens is 303 g/mol. The summed E-state index contributed by atoms with van der Waals surface area (Å²) in [6.45, 7) is -0.156. The number of nitro groups is 1. The van der Waals surface area contributed by atoms with Crippen molar-refractivity contribution in [2.24, 2.45) is 7.05 Å².